The van der Waals surface area contributed by atoms with Gasteiger partial charge in [0.1, 0.15) is 22.5 Å². The Balaban J connectivity index is 1.59. The fourth-order valence-electron chi connectivity index (χ4n) is 4.24. The highest BCUT2D eigenvalue weighted by atomic mass is 16.5. The molecule has 184 valence electrons. The van der Waals surface area contributed by atoms with Gasteiger partial charge >= 0.3 is 0 Å². The number of hydrogen-bond donors (Lipinski definition) is 4. The van der Waals surface area contributed by atoms with E-state index in [1.165, 1.54) is 0 Å². The van der Waals surface area contributed by atoms with Crippen molar-refractivity contribution >= 4 is 22.8 Å². The molecule has 1 aliphatic rings. The predicted molar refractivity (Wildman–Crippen MR) is 132 cm³/mol. The first-order valence-corrected chi connectivity index (χ1v) is 12.0. The molecule has 4 rings (SSSR count). The molecule has 0 aliphatic carbocycles. The number of ether oxygens (including phenoxy) is 2. The molecule has 10 nitrogen and oxygen atoms in total. The highest BCUT2D eigenvalue weighted by Crippen LogP contribution is 2.28. The SMILES string of the molecule is CCCCNc1nc(N)nc2c(CO)nn(Cc3ccc(CNC4CCOCC4)cc3OC)c12. The Morgan fingerprint density at radius 3 is 2.82 bits per heavy atom. The van der Waals surface area contributed by atoms with Gasteiger partial charge in [-0.15, -0.1) is 0 Å². The predicted octanol–water partition coefficient (Wildman–Crippen LogP) is 2.44. The third kappa shape index (κ3) is 5.57. The van der Waals surface area contributed by atoms with Gasteiger partial charge in [0.05, 0.1) is 20.3 Å². The maximum absolute atomic E-state index is 9.88. The van der Waals surface area contributed by atoms with Crippen LogP contribution in [0.1, 0.15) is 49.4 Å². The minimum Gasteiger partial charge on any atom is -0.496 e. The molecule has 2 aromatic heterocycles. The van der Waals surface area contributed by atoms with Crippen molar-refractivity contribution in [3.05, 3.63) is 35.0 Å². The van der Waals surface area contributed by atoms with E-state index in [1.807, 2.05) is 4.68 Å². The van der Waals surface area contributed by atoms with Gasteiger partial charge in [-0.25, -0.2) is 4.98 Å². The first-order valence-electron chi connectivity index (χ1n) is 12.0. The minimum absolute atomic E-state index is 0.153. The molecule has 0 radical (unpaired) electrons. The number of hydrogen-bond acceptors (Lipinski definition) is 9. The fraction of sp³-hybridized carbons (Fsp3) is 0.542. The zero-order chi connectivity index (χ0) is 23.9. The molecular formula is C24H35N7O3. The van der Waals surface area contributed by atoms with Crippen LogP contribution in [0.3, 0.4) is 0 Å². The second-order valence-electron chi connectivity index (χ2n) is 8.58. The van der Waals surface area contributed by atoms with Crippen LogP contribution in [0.2, 0.25) is 0 Å². The summed E-state index contributed by atoms with van der Waals surface area (Å²) < 4.78 is 13.0. The van der Waals surface area contributed by atoms with Gasteiger partial charge in [0.15, 0.2) is 5.82 Å². The maximum atomic E-state index is 9.88. The number of aromatic nitrogens is 4. The monoisotopic (exact) mass is 469 g/mol. The summed E-state index contributed by atoms with van der Waals surface area (Å²) in [5.41, 5.74) is 9.83. The summed E-state index contributed by atoms with van der Waals surface area (Å²) in [6.45, 7) is 5.52. The normalized spacial score (nSPS) is 14.6. The lowest BCUT2D eigenvalue weighted by atomic mass is 10.1. The number of nitrogen functional groups attached to an aromatic ring is 1. The van der Waals surface area contributed by atoms with Gasteiger partial charge in [0.2, 0.25) is 5.95 Å². The van der Waals surface area contributed by atoms with Crippen LogP contribution >= 0.6 is 0 Å². The average Bonchev–Trinajstić information content (AvgIpc) is 3.21. The highest BCUT2D eigenvalue weighted by molar-refractivity contribution is 5.88. The summed E-state index contributed by atoms with van der Waals surface area (Å²) in [6.07, 6.45) is 4.14. The summed E-state index contributed by atoms with van der Waals surface area (Å²) in [4.78, 5) is 8.77. The maximum Gasteiger partial charge on any atom is 0.222 e. The molecule has 1 aromatic carbocycles. The summed E-state index contributed by atoms with van der Waals surface area (Å²) in [7, 11) is 1.68. The average molecular weight is 470 g/mol. The summed E-state index contributed by atoms with van der Waals surface area (Å²) in [5.74, 6) is 1.57. The van der Waals surface area contributed by atoms with Gasteiger partial charge in [0.25, 0.3) is 0 Å². The van der Waals surface area contributed by atoms with Gasteiger partial charge in [-0.3, -0.25) is 4.68 Å². The number of aliphatic hydroxyl groups is 1. The Labute approximate surface area is 199 Å². The van der Waals surface area contributed by atoms with E-state index in [0.29, 0.717) is 29.6 Å². The van der Waals surface area contributed by atoms with Crippen molar-refractivity contribution in [3.63, 3.8) is 0 Å². The molecule has 3 heterocycles. The van der Waals surface area contributed by atoms with Crippen LogP contribution in [0, 0.1) is 0 Å². The lowest BCUT2D eigenvalue weighted by Gasteiger charge is -2.23. The first kappa shape index (κ1) is 24.2. The van der Waals surface area contributed by atoms with Crippen molar-refractivity contribution in [2.75, 3.05) is 37.9 Å². The number of methoxy groups -OCH3 is 1. The summed E-state index contributed by atoms with van der Waals surface area (Å²) in [5, 5.41) is 21.5. The third-order valence-electron chi connectivity index (χ3n) is 6.13. The molecule has 1 saturated heterocycles. The zero-order valence-electron chi connectivity index (χ0n) is 20.0. The van der Waals surface area contributed by atoms with E-state index in [9.17, 15) is 5.11 Å². The van der Waals surface area contributed by atoms with Crippen LogP contribution in [-0.2, 0) is 24.4 Å². The molecule has 0 saturated carbocycles. The number of nitrogens with zero attached hydrogens (tertiary/aromatic N) is 4. The van der Waals surface area contributed by atoms with E-state index in [2.05, 4.69) is 50.8 Å². The molecule has 0 unspecified atom stereocenters. The van der Waals surface area contributed by atoms with Crippen LogP contribution in [-0.4, -0.2) is 57.8 Å². The van der Waals surface area contributed by atoms with Crippen molar-refractivity contribution < 1.29 is 14.6 Å². The van der Waals surface area contributed by atoms with E-state index in [0.717, 1.165) is 74.4 Å². The van der Waals surface area contributed by atoms with Gasteiger partial charge in [0, 0.05) is 37.9 Å². The quantitative estimate of drug-likeness (QED) is 0.313. The Bertz CT molecular complexity index is 1100. The van der Waals surface area contributed by atoms with Crippen molar-refractivity contribution in [2.45, 2.75) is 58.3 Å². The largest absolute Gasteiger partial charge is 0.496 e. The smallest absolute Gasteiger partial charge is 0.222 e. The highest BCUT2D eigenvalue weighted by Gasteiger charge is 2.19. The van der Waals surface area contributed by atoms with Gasteiger partial charge in [-0.1, -0.05) is 25.5 Å². The molecule has 0 amide bonds. The molecule has 5 N–H and O–H groups in total. The summed E-state index contributed by atoms with van der Waals surface area (Å²) in [6, 6.07) is 6.72. The number of anilines is 2. The van der Waals surface area contributed by atoms with E-state index >= 15 is 0 Å². The number of rotatable bonds is 11. The Hall–Kier alpha value is -2.95. The van der Waals surface area contributed by atoms with Gasteiger partial charge in [-0.2, -0.15) is 10.1 Å². The van der Waals surface area contributed by atoms with Crippen molar-refractivity contribution in [1.82, 2.24) is 25.1 Å². The van der Waals surface area contributed by atoms with Gasteiger partial charge in [-0.05, 0) is 30.9 Å². The lowest BCUT2D eigenvalue weighted by Crippen LogP contribution is -2.34. The Morgan fingerprint density at radius 2 is 2.09 bits per heavy atom. The van der Waals surface area contributed by atoms with E-state index < -0.39 is 0 Å². The first-order chi connectivity index (χ1) is 16.6. The van der Waals surface area contributed by atoms with Crippen LogP contribution in [0.5, 0.6) is 5.75 Å². The molecule has 1 aliphatic heterocycles. The van der Waals surface area contributed by atoms with E-state index in [1.54, 1.807) is 7.11 Å². The van der Waals surface area contributed by atoms with E-state index in [-0.39, 0.29) is 12.6 Å². The molecule has 1 fully saturated rings. The van der Waals surface area contributed by atoms with Crippen LogP contribution < -0.4 is 21.1 Å². The van der Waals surface area contributed by atoms with Crippen molar-refractivity contribution in [1.29, 1.82) is 0 Å². The lowest BCUT2D eigenvalue weighted by molar-refractivity contribution is 0.0776. The number of unbranched alkanes of at least 4 members (excludes halogenated alkanes) is 1. The van der Waals surface area contributed by atoms with E-state index in [4.69, 9.17) is 15.2 Å². The molecule has 0 atom stereocenters. The molecular weight excluding hydrogens is 434 g/mol. The minimum atomic E-state index is -0.234. The van der Waals surface area contributed by atoms with Crippen LogP contribution in [0.4, 0.5) is 11.8 Å². The second kappa shape index (κ2) is 11.5. The van der Waals surface area contributed by atoms with Gasteiger partial charge < -0.3 is 30.9 Å². The molecule has 0 bridgehead atoms. The third-order valence-corrected chi connectivity index (χ3v) is 6.13. The number of nitrogens with two attached hydrogens (primary N) is 1. The van der Waals surface area contributed by atoms with Crippen molar-refractivity contribution in [2.24, 2.45) is 0 Å². The van der Waals surface area contributed by atoms with Crippen LogP contribution in [0.25, 0.3) is 11.0 Å². The number of nitrogens with one attached hydrogen (secondary N) is 2. The zero-order valence-corrected chi connectivity index (χ0v) is 20.0. The Kier molecular flexibility index (Phi) is 8.15. The Morgan fingerprint density at radius 1 is 1.26 bits per heavy atom. The standard InChI is InChI=1S/C24H35N7O3/c1-3-4-9-26-23-22-21(28-24(25)29-23)19(15-32)30-31(22)14-17-6-5-16(12-20(17)33-2)13-27-18-7-10-34-11-8-18/h5-6,12,18,27,32H,3-4,7-11,13-15H2,1-2H3,(H3,25,26,28,29). The fourth-order valence-corrected chi connectivity index (χ4v) is 4.24. The molecule has 3 aromatic rings. The second-order valence-corrected chi connectivity index (χ2v) is 8.58. The summed E-state index contributed by atoms with van der Waals surface area (Å²) >= 11 is 0. The molecule has 0 spiro atoms. The van der Waals surface area contributed by atoms with Crippen molar-refractivity contribution in [3.8, 4) is 5.75 Å². The number of aliphatic hydroxyl groups excluding tert-OH is 1. The number of fused-ring (bicyclic) bond motifs is 1. The van der Waals surface area contributed by atoms with Crippen LogP contribution in [0.15, 0.2) is 18.2 Å². The molecule has 10 heteroatoms. The molecule has 34 heavy (non-hydrogen) atoms. The number of benzene rings is 1. The topological polar surface area (TPSA) is 132 Å².